The van der Waals surface area contributed by atoms with Gasteiger partial charge in [0, 0.05) is 13.2 Å². The molecule has 1 aromatic rings. The van der Waals surface area contributed by atoms with Crippen LogP contribution in [0.5, 0.6) is 0 Å². The fourth-order valence-electron chi connectivity index (χ4n) is 1.42. The minimum Gasteiger partial charge on any atom is -0.382 e. The maximum absolute atomic E-state index is 12.5. The SMILES string of the molecule is COCC(C)(C)Nc1cc(C(F)(F)F)nc(N)n1. The molecule has 0 spiro atoms. The molecule has 0 aliphatic rings. The van der Waals surface area contributed by atoms with Crippen molar-refractivity contribution in [1.29, 1.82) is 0 Å². The molecule has 1 heterocycles. The van der Waals surface area contributed by atoms with Crippen LogP contribution in [0.1, 0.15) is 19.5 Å². The molecule has 0 aromatic carbocycles. The van der Waals surface area contributed by atoms with Crippen LogP contribution in [0.2, 0.25) is 0 Å². The fourth-order valence-corrected chi connectivity index (χ4v) is 1.42. The number of halogens is 3. The van der Waals surface area contributed by atoms with Crippen LogP contribution in [0.15, 0.2) is 6.07 Å². The number of methoxy groups -OCH3 is 1. The summed E-state index contributed by atoms with van der Waals surface area (Å²) in [5.41, 5.74) is 3.61. The molecule has 102 valence electrons. The van der Waals surface area contributed by atoms with Gasteiger partial charge in [0.15, 0.2) is 5.69 Å². The van der Waals surface area contributed by atoms with Crippen LogP contribution in [0.25, 0.3) is 0 Å². The average molecular weight is 264 g/mol. The summed E-state index contributed by atoms with van der Waals surface area (Å²) < 4.78 is 42.5. The number of hydrogen-bond donors (Lipinski definition) is 2. The Hall–Kier alpha value is -1.57. The molecule has 0 aliphatic carbocycles. The van der Waals surface area contributed by atoms with Gasteiger partial charge in [-0.25, -0.2) is 4.98 Å². The lowest BCUT2D eigenvalue weighted by Crippen LogP contribution is -2.36. The van der Waals surface area contributed by atoms with Crippen molar-refractivity contribution in [2.24, 2.45) is 0 Å². The van der Waals surface area contributed by atoms with Crippen molar-refractivity contribution in [3.8, 4) is 0 Å². The van der Waals surface area contributed by atoms with E-state index in [2.05, 4.69) is 15.3 Å². The maximum atomic E-state index is 12.5. The molecule has 0 fully saturated rings. The predicted octanol–water partition coefficient (Wildman–Crippen LogP) is 1.91. The highest BCUT2D eigenvalue weighted by atomic mass is 19.4. The molecule has 18 heavy (non-hydrogen) atoms. The van der Waals surface area contributed by atoms with Gasteiger partial charge in [0.05, 0.1) is 12.1 Å². The topological polar surface area (TPSA) is 73.1 Å². The summed E-state index contributed by atoms with van der Waals surface area (Å²) >= 11 is 0. The maximum Gasteiger partial charge on any atom is 0.433 e. The van der Waals surface area contributed by atoms with Gasteiger partial charge in [-0.05, 0) is 13.8 Å². The first kappa shape index (κ1) is 14.5. The third kappa shape index (κ3) is 4.02. The normalized spacial score (nSPS) is 12.6. The number of nitrogens with two attached hydrogens (primary N) is 1. The second-order valence-electron chi connectivity index (χ2n) is 4.44. The Balaban J connectivity index is 3.00. The number of ether oxygens (including phenoxy) is 1. The van der Waals surface area contributed by atoms with Crippen LogP contribution in [0.3, 0.4) is 0 Å². The molecular formula is C10H15F3N4O. The van der Waals surface area contributed by atoms with Gasteiger partial charge in [0.1, 0.15) is 5.82 Å². The monoisotopic (exact) mass is 264 g/mol. The molecule has 8 heteroatoms. The Morgan fingerprint density at radius 2 is 1.94 bits per heavy atom. The van der Waals surface area contributed by atoms with E-state index in [9.17, 15) is 13.2 Å². The quantitative estimate of drug-likeness (QED) is 0.869. The number of alkyl halides is 3. The Bertz CT molecular complexity index is 420. The molecule has 5 nitrogen and oxygen atoms in total. The lowest BCUT2D eigenvalue weighted by atomic mass is 10.1. The largest absolute Gasteiger partial charge is 0.433 e. The van der Waals surface area contributed by atoms with Crippen molar-refractivity contribution in [3.63, 3.8) is 0 Å². The molecule has 0 unspecified atom stereocenters. The summed E-state index contributed by atoms with van der Waals surface area (Å²) in [5, 5.41) is 2.82. The number of nitrogen functional groups attached to an aromatic ring is 1. The van der Waals surface area contributed by atoms with Crippen molar-refractivity contribution in [2.45, 2.75) is 25.6 Å². The average Bonchev–Trinajstić information content (AvgIpc) is 2.13. The molecule has 3 N–H and O–H groups in total. The Morgan fingerprint density at radius 1 is 1.33 bits per heavy atom. The van der Waals surface area contributed by atoms with E-state index in [1.165, 1.54) is 7.11 Å². The van der Waals surface area contributed by atoms with Gasteiger partial charge in [-0.3, -0.25) is 0 Å². The zero-order valence-corrected chi connectivity index (χ0v) is 10.3. The van der Waals surface area contributed by atoms with Gasteiger partial charge in [-0.2, -0.15) is 18.2 Å². The van der Waals surface area contributed by atoms with Gasteiger partial charge < -0.3 is 15.8 Å². The second-order valence-corrected chi connectivity index (χ2v) is 4.44. The first-order valence-corrected chi connectivity index (χ1v) is 5.13. The Morgan fingerprint density at radius 3 is 2.44 bits per heavy atom. The van der Waals surface area contributed by atoms with E-state index in [0.717, 1.165) is 6.07 Å². The van der Waals surface area contributed by atoms with Crippen LogP contribution in [0, 0.1) is 0 Å². The van der Waals surface area contributed by atoms with Crippen molar-refractivity contribution < 1.29 is 17.9 Å². The van der Waals surface area contributed by atoms with Gasteiger partial charge in [0.2, 0.25) is 5.95 Å². The Labute approximate surface area is 103 Å². The van der Waals surface area contributed by atoms with E-state index in [-0.39, 0.29) is 5.82 Å². The van der Waals surface area contributed by atoms with Crippen molar-refractivity contribution in [2.75, 3.05) is 24.8 Å². The summed E-state index contributed by atoms with van der Waals surface area (Å²) in [7, 11) is 1.50. The number of anilines is 2. The summed E-state index contributed by atoms with van der Waals surface area (Å²) in [5.74, 6) is -0.419. The summed E-state index contributed by atoms with van der Waals surface area (Å²) in [6, 6.07) is 0.813. The molecule has 0 bridgehead atoms. The summed E-state index contributed by atoms with van der Waals surface area (Å²) in [4.78, 5) is 6.87. The zero-order chi connectivity index (χ0) is 14.0. The molecule has 1 aromatic heterocycles. The molecule has 0 atom stereocenters. The molecule has 0 amide bonds. The van der Waals surface area contributed by atoms with Crippen molar-refractivity contribution >= 4 is 11.8 Å². The number of nitrogens with zero attached hydrogens (tertiary/aromatic N) is 2. The van der Waals surface area contributed by atoms with E-state index in [0.29, 0.717) is 6.61 Å². The lowest BCUT2D eigenvalue weighted by Gasteiger charge is -2.26. The first-order chi connectivity index (χ1) is 8.14. The summed E-state index contributed by atoms with van der Waals surface area (Å²) in [6.07, 6.45) is -4.56. The van der Waals surface area contributed by atoms with Gasteiger partial charge in [0.25, 0.3) is 0 Å². The standard InChI is InChI=1S/C10H15F3N4O/c1-9(2,5-18-3)17-7-4-6(10(11,12)13)15-8(14)16-7/h4H,5H2,1-3H3,(H3,14,15,16,17). The van der Waals surface area contributed by atoms with Gasteiger partial charge in [-0.15, -0.1) is 0 Å². The van der Waals surface area contributed by atoms with Crippen molar-refractivity contribution in [3.05, 3.63) is 11.8 Å². The molecule has 0 aliphatic heterocycles. The highest BCUT2D eigenvalue weighted by Crippen LogP contribution is 2.29. The van der Waals surface area contributed by atoms with Crippen LogP contribution in [-0.4, -0.2) is 29.2 Å². The number of hydrogen-bond acceptors (Lipinski definition) is 5. The van der Waals surface area contributed by atoms with Crippen LogP contribution >= 0.6 is 0 Å². The Kier molecular flexibility index (Phi) is 4.00. The van der Waals surface area contributed by atoms with Crippen LogP contribution in [0.4, 0.5) is 24.9 Å². The number of aromatic nitrogens is 2. The van der Waals surface area contributed by atoms with Crippen LogP contribution in [-0.2, 0) is 10.9 Å². The number of rotatable bonds is 4. The van der Waals surface area contributed by atoms with E-state index in [4.69, 9.17) is 10.5 Å². The fraction of sp³-hybridized carbons (Fsp3) is 0.600. The second kappa shape index (κ2) is 4.97. The highest BCUT2D eigenvalue weighted by Gasteiger charge is 2.34. The molecule has 1 rings (SSSR count). The minimum absolute atomic E-state index is 0.0110. The molecule has 0 saturated carbocycles. The lowest BCUT2D eigenvalue weighted by molar-refractivity contribution is -0.141. The predicted molar refractivity (Wildman–Crippen MR) is 61.0 cm³/mol. The molecule has 0 saturated heterocycles. The number of nitrogens with one attached hydrogen (secondary N) is 1. The van der Waals surface area contributed by atoms with E-state index in [1.807, 2.05) is 0 Å². The minimum atomic E-state index is -4.56. The van der Waals surface area contributed by atoms with Gasteiger partial charge >= 0.3 is 6.18 Å². The highest BCUT2D eigenvalue weighted by molar-refractivity contribution is 5.43. The third-order valence-electron chi connectivity index (χ3n) is 2.01. The smallest absolute Gasteiger partial charge is 0.382 e. The van der Waals surface area contributed by atoms with E-state index >= 15 is 0 Å². The van der Waals surface area contributed by atoms with E-state index < -0.39 is 23.4 Å². The van der Waals surface area contributed by atoms with E-state index in [1.54, 1.807) is 13.8 Å². The molecule has 0 radical (unpaired) electrons. The van der Waals surface area contributed by atoms with Crippen LogP contribution < -0.4 is 11.1 Å². The molecular weight excluding hydrogens is 249 g/mol. The zero-order valence-electron chi connectivity index (χ0n) is 10.3. The van der Waals surface area contributed by atoms with Gasteiger partial charge in [-0.1, -0.05) is 0 Å². The third-order valence-corrected chi connectivity index (χ3v) is 2.01. The summed E-state index contributed by atoms with van der Waals surface area (Å²) in [6.45, 7) is 3.84. The van der Waals surface area contributed by atoms with Crippen molar-refractivity contribution in [1.82, 2.24) is 9.97 Å². The first-order valence-electron chi connectivity index (χ1n) is 5.13.